The van der Waals surface area contributed by atoms with Gasteiger partial charge in [0.2, 0.25) is 5.91 Å². The van der Waals surface area contributed by atoms with Crippen LogP contribution in [0.2, 0.25) is 0 Å². The van der Waals surface area contributed by atoms with Crippen molar-refractivity contribution in [1.29, 1.82) is 0 Å². The van der Waals surface area contributed by atoms with Crippen molar-refractivity contribution in [2.75, 3.05) is 13.1 Å². The molecule has 0 atom stereocenters. The zero-order valence-electron chi connectivity index (χ0n) is 10.0. The summed E-state index contributed by atoms with van der Waals surface area (Å²) >= 11 is 0. The number of piperidine rings is 1. The fourth-order valence-electron chi connectivity index (χ4n) is 1.71. The first-order chi connectivity index (χ1) is 8.21. The number of hydrogen-bond acceptors (Lipinski definition) is 2. The molecule has 102 valence electrons. The van der Waals surface area contributed by atoms with Crippen LogP contribution in [-0.4, -0.2) is 42.0 Å². The molecule has 0 radical (unpaired) electrons. The van der Waals surface area contributed by atoms with Gasteiger partial charge in [0.1, 0.15) is 0 Å². The van der Waals surface area contributed by atoms with Crippen LogP contribution in [-0.2, 0) is 9.59 Å². The molecule has 0 spiro atoms. The number of carbonyl (C=O) groups excluding carboxylic acids is 2. The Bertz CT molecular complexity index is 358. The molecule has 1 heterocycles. The van der Waals surface area contributed by atoms with E-state index in [-0.39, 0.29) is 25.0 Å². The number of rotatable bonds is 2. The molecular formula is C11H15F3N2O2. The van der Waals surface area contributed by atoms with E-state index in [0.29, 0.717) is 18.4 Å². The van der Waals surface area contributed by atoms with Gasteiger partial charge in [-0.15, -0.1) is 0 Å². The third-order valence-electron chi connectivity index (χ3n) is 2.75. The maximum absolute atomic E-state index is 12.2. The fraction of sp³-hybridized carbons (Fsp3) is 0.636. The molecule has 1 N–H and O–H groups in total. The second-order valence-electron chi connectivity index (χ2n) is 4.32. The summed E-state index contributed by atoms with van der Waals surface area (Å²) in [7, 11) is 0. The van der Waals surface area contributed by atoms with Crippen molar-refractivity contribution in [3.63, 3.8) is 0 Å². The van der Waals surface area contributed by atoms with Crippen LogP contribution in [0, 0.1) is 0 Å². The first kappa shape index (κ1) is 14.5. The summed E-state index contributed by atoms with van der Waals surface area (Å²) in [6.45, 7) is 5.02. The van der Waals surface area contributed by atoms with Gasteiger partial charge < -0.3 is 10.2 Å². The lowest BCUT2D eigenvalue weighted by Crippen LogP contribution is -2.50. The Hall–Kier alpha value is -1.53. The van der Waals surface area contributed by atoms with Gasteiger partial charge in [0.15, 0.2) is 0 Å². The van der Waals surface area contributed by atoms with Gasteiger partial charge in [0.25, 0.3) is 0 Å². The van der Waals surface area contributed by atoms with Gasteiger partial charge in [0, 0.05) is 24.7 Å². The highest BCUT2D eigenvalue weighted by atomic mass is 19.4. The van der Waals surface area contributed by atoms with E-state index in [2.05, 4.69) is 11.9 Å². The number of halogens is 3. The molecule has 0 unspecified atom stereocenters. The van der Waals surface area contributed by atoms with E-state index in [1.54, 1.807) is 6.92 Å². The summed E-state index contributed by atoms with van der Waals surface area (Å²) in [4.78, 5) is 23.0. The maximum atomic E-state index is 12.2. The molecule has 0 aromatic rings. The molecule has 1 rings (SSSR count). The Kier molecular flexibility index (Phi) is 4.37. The van der Waals surface area contributed by atoms with Crippen molar-refractivity contribution in [1.82, 2.24) is 10.2 Å². The molecule has 2 amide bonds. The first-order valence-corrected chi connectivity index (χ1v) is 5.54. The van der Waals surface area contributed by atoms with E-state index >= 15 is 0 Å². The predicted octanol–water partition coefficient (Wildman–Crippen LogP) is 1.23. The van der Waals surface area contributed by atoms with E-state index in [1.807, 2.05) is 0 Å². The van der Waals surface area contributed by atoms with Crippen LogP contribution in [0.15, 0.2) is 12.2 Å². The van der Waals surface area contributed by atoms with Gasteiger partial charge in [-0.05, 0) is 19.8 Å². The lowest BCUT2D eigenvalue weighted by molar-refractivity contribution is -0.186. The van der Waals surface area contributed by atoms with Crippen molar-refractivity contribution < 1.29 is 22.8 Å². The lowest BCUT2D eigenvalue weighted by Gasteiger charge is -2.32. The van der Waals surface area contributed by atoms with E-state index in [1.165, 1.54) is 0 Å². The molecule has 1 aliphatic heterocycles. The third kappa shape index (κ3) is 3.75. The normalized spacial score (nSPS) is 17.4. The molecule has 18 heavy (non-hydrogen) atoms. The summed E-state index contributed by atoms with van der Waals surface area (Å²) < 4.78 is 36.5. The van der Waals surface area contributed by atoms with E-state index in [0.717, 1.165) is 4.90 Å². The number of nitrogens with zero attached hydrogens (tertiary/aromatic N) is 1. The van der Waals surface area contributed by atoms with Crippen molar-refractivity contribution >= 4 is 11.8 Å². The average molecular weight is 264 g/mol. The summed E-state index contributed by atoms with van der Waals surface area (Å²) in [5.74, 6) is -2.12. The Balaban J connectivity index is 2.44. The molecule has 4 nitrogen and oxygen atoms in total. The minimum absolute atomic E-state index is 0.000515. The number of carbonyl (C=O) groups is 2. The van der Waals surface area contributed by atoms with Crippen molar-refractivity contribution in [2.45, 2.75) is 32.0 Å². The minimum Gasteiger partial charge on any atom is -0.349 e. The fourth-order valence-corrected chi connectivity index (χ4v) is 1.71. The molecule has 0 aromatic carbocycles. The molecule has 1 aliphatic rings. The summed E-state index contributed by atoms with van der Waals surface area (Å²) in [5.41, 5.74) is 0.351. The van der Waals surface area contributed by atoms with Crippen molar-refractivity contribution in [3.8, 4) is 0 Å². The van der Waals surface area contributed by atoms with Crippen LogP contribution < -0.4 is 5.32 Å². The van der Waals surface area contributed by atoms with Crippen LogP contribution in [0.5, 0.6) is 0 Å². The second kappa shape index (κ2) is 5.41. The Labute approximate surface area is 103 Å². The van der Waals surface area contributed by atoms with E-state index in [4.69, 9.17) is 0 Å². The number of amides is 2. The zero-order valence-corrected chi connectivity index (χ0v) is 10.0. The van der Waals surface area contributed by atoms with E-state index in [9.17, 15) is 22.8 Å². The number of alkyl halides is 3. The SMILES string of the molecule is C=C(C)C(=O)NC1CCN(C(=O)C(F)(F)F)CC1. The van der Waals surface area contributed by atoms with Crippen molar-refractivity contribution in [2.24, 2.45) is 0 Å². The number of likely N-dealkylation sites (tertiary alicyclic amines) is 1. The Morgan fingerprint density at radius 1 is 1.28 bits per heavy atom. The summed E-state index contributed by atoms with van der Waals surface area (Å²) in [5, 5.41) is 2.66. The molecule has 0 aliphatic carbocycles. The van der Waals surface area contributed by atoms with Gasteiger partial charge in [-0.3, -0.25) is 9.59 Å². The maximum Gasteiger partial charge on any atom is 0.471 e. The van der Waals surface area contributed by atoms with E-state index < -0.39 is 12.1 Å². The molecule has 1 fully saturated rings. The van der Waals surface area contributed by atoms with Crippen LogP contribution >= 0.6 is 0 Å². The van der Waals surface area contributed by atoms with Crippen LogP contribution in [0.1, 0.15) is 19.8 Å². The quantitative estimate of drug-likeness (QED) is 0.763. The number of nitrogens with one attached hydrogen (secondary N) is 1. The second-order valence-corrected chi connectivity index (χ2v) is 4.32. The zero-order chi connectivity index (χ0) is 13.9. The predicted molar refractivity (Wildman–Crippen MR) is 58.6 cm³/mol. The molecule has 7 heteroatoms. The Morgan fingerprint density at radius 3 is 2.17 bits per heavy atom. The number of hydrogen-bond donors (Lipinski definition) is 1. The molecule has 0 saturated carbocycles. The summed E-state index contributed by atoms with van der Waals surface area (Å²) in [6.07, 6.45) is -4.19. The van der Waals surface area contributed by atoms with Crippen LogP contribution in [0.4, 0.5) is 13.2 Å². The van der Waals surface area contributed by atoms with Crippen molar-refractivity contribution in [3.05, 3.63) is 12.2 Å². The highest BCUT2D eigenvalue weighted by Crippen LogP contribution is 2.21. The topological polar surface area (TPSA) is 49.4 Å². The van der Waals surface area contributed by atoms with Gasteiger partial charge in [-0.2, -0.15) is 13.2 Å². The third-order valence-corrected chi connectivity index (χ3v) is 2.75. The molecule has 0 aromatic heterocycles. The molecule has 0 bridgehead atoms. The van der Waals surface area contributed by atoms with Gasteiger partial charge in [-0.1, -0.05) is 6.58 Å². The highest BCUT2D eigenvalue weighted by Gasteiger charge is 2.43. The minimum atomic E-state index is -4.83. The van der Waals surface area contributed by atoms with Gasteiger partial charge >= 0.3 is 12.1 Å². The van der Waals surface area contributed by atoms with Crippen LogP contribution in [0.25, 0.3) is 0 Å². The standard InChI is InChI=1S/C11H15F3N2O2/c1-7(2)9(17)15-8-3-5-16(6-4-8)10(18)11(12,13)14/h8H,1,3-6H2,2H3,(H,15,17). The Morgan fingerprint density at radius 2 is 1.78 bits per heavy atom. The van der Waals surface area contributed by atoms with Gasteiger partial charge in [0.05, 0.1) is 0 Å². The first-order valence-electron chi connectivity index (χ1n) is 5.54. The lowest BCUT2D eigenvalue weighted by atomic mass is 10.0. The highest BCUT2D eigenvalue weighted by molar-refractivity contribution is 5.92. The molecule has 1 saturated heterocycles. The molecular weight excluding hydrogens is 249 g/mol. The summed E-state index contributed by atoms with van der Waals surface area (Å²) in [6, 6.07) is -0.202. The van der Waals surface area contributed by atoms with Gasteiger partial charge in [-0.25, -0.2) is 0 Å². The largest absolute Gasteiger partial charge is 0.471 e. The average Bonchev–Trinajstić information content (AvgIpc) is 2.27. The smallest absolute Gasteiger partial charge is 0.349 e. The van der Waals surface area contributed by atoms with Crippen LogP contribution in [0.3, 0.4) is 0 Å². The monoisotopic (exact) mass is 264 g/mol.